The molecule has 2 N–H and O–H groups in total. The molecule has 1 saturated heterocycles. The molecule has 0 saturated carbocycles. The highest BCUT2D eigenvalue weighted by Crippen LogP contribution is 2.40. The summed E-state index contributed by atoms with van der Waals surface area (Å²) in [5.41, 5.74) is 1.74. The van der Waals surface area contributed by atoms with Crippen LogP contribution in [-0.2, 0) is 9.63 Å². The number of nitrogens with zero attached hydrogens (tertiary/aromatic N) is 5. The molecule has 1 atom stereocenters. The minimum atomic E-state index is -0.698. The molecule has 0 bridgehead atoms. The number of likely N-dealkylation sites (N-methyl/N-ethyl adjacent to an activating group) is 2. The van der Waals surface area contributed by atoms with E-state index in [4.69, 9.17) is 9.57 Å². The highest BCUT2D eigenvalue weighted by atomic mass is 19.1. The van der Waals surface area contributed by atoms with E-state index in [1.165, 1.54) is 35.7 Å². The van der Waals surface area contributed by atoms with Gasteiger partial charge in [-0.05, 0) is 38.4 Å². The highest BCUT2D eigenvalue weighted by Gasteiger charge is 2.33. The van der Waals surface area contributed by atoms with Crippen molar-refractivity contribution >= 4 is 34.6 Å². The van der Waals surface area contributed by atoms with Crippen molar-refractivity contribution in [1.29, 1.82) is 0 Å². The summed E-state index contributed by atoms with van der Waals surface area (Å²) in [5, 5.41) is 7.45. The molecule has 1 aliphatic heterocycles. The molecule has 3 aromatic rings. The Morgan fingerprint density at radius 3 is 2.60 bits per heavy atom. The van der Waals surface area contributed by atoms with Gasteiger partial charge in [0.2, 0.25) is 5.91 Å². The first-order valence-corrected chi connectivity index (χ1v) is 12.7. The first-order valence-electron chi connectivity index (χ1n) is 12.7. The van der Waals surface area contributed by atoms with Gasteiger partial charge in [0, 0.05) is 44.3 Å². The van der Waals surface area contributed by atoms with Crippen molar-refractivity contribution in [2.45, 2.75) is 12.5 Å². The molecule has 0 radical (unpaired) electrons. The smallest absolute Gasteiger partial charge is 0.247 e. The zero-order valence-corrected chi connectivity index (χ0v) is 22.9. The maximum Gasteiger partial charge on any atom is 0.247 e. The molecular weight excluding hydrogens is 520 g/mol. The lowest BCUT2D eigenvalue weighted by molar-refractivity contribution is -0.111. The van der Waals surface area contributed by atoms with Crippen LogP contribution < -0.4 is 25.3 Å². The number of hydrogen-bond acceptors (Lipinski definition) is 9. The van der Waals surface area contributed by atoms with Gasteiger partial charge in [0.15, 0.2) is 5.82 Å². The van der Waals surface area contributed by atoms with E-state index in [1.807, 2.05) is 32.1 Å². The topological polar surface area (TPSA) is 95.1 Å². The lowest BCUT2D eigenvalue weighted by Gasteiger charge is -2.26. The number of carbonyl (C=O) groups is 1. The van der Waals surface area contributed by atoms with E-state index in [2.05, 4.69) is 32.1 Å². The average molecular weight is 554 g/mol. The van der Waals surface area contributed by atoms with Crippen molar-refractivity contribution < 1.29 is 23.1 Å². The molecule has 2 aromatic carbocycles. The zero-order chi connectivity index (χ0) is 28.8. The van der Waals surface area contributed by atoms with Gasteiger partial charge < -0.3 is 25.2 Å². The second kappa shape index (κ2) is 12.7. The van der Waals surface area contributed by atoms with Gasteiger partial charge in [-0.25, -0.2) is 23.8 Å². The lowest BCUT2D eigenvalue weighted by atomic mass is 10.0. The van der Waals surface area contributed by atoms with Crippen molar-refractivity contribution in [3.63, 3.8) is 0 Å². The number of aromatic nitrogens is 2. The van der Waals surface area contributed by atoms with Crippen LogP contribution in [0.4, 0.5) is 37.5 Å². The number of hydroxylamine groups is 1. The molecule has 0 spiro atoms. The Morgan fingerprint density at radius 1 is 1.18 bits per heavy atom. The SMILES string of the molecule is C=CC(=O)Nc1cc(Nc2cc(N3OCC[C@H]3c3c(F)cccc3F)ncn2)c(OC)cc1N(C)CCN(C)C. The molecule has 0 aliphatic carbocycles. The number of hydrogen-bond donors (Lipinski definition) is 2. The van der Waals surface area contributed by atoms with Crippen LogP contribution in [-0.4, -0.2) is 68.7 Å². The van der Waals surface area contributed by atoms with Gasteiger partial charge in [-0.3, -0.25) is 9.63 Å². The summed E-state index contributed by atoms with van der Waals surface area (Å²) in [5.74, 6) is -0.458. The van der Waals surface area contributed by atoms with Crippen LogP contribution in [0.2, 0.25) is 0 Å². The Kier molecular flexibility index (Phi) is 9.12. The maximum absolute atomic E-state index is 14.5. The number of rotatable bonds is 11. The number of amides is 1. The van der Waals surface area contributed by atoms with Crippen LogP contribution in [0.15, 0.2) is 55.4 Å². The number of halogens is 2. The quantitative estimate of drug-likeness (QED) is 0.333. The maximum atomic E-state index is 14.5. The standard InChI is InChI=1S/C28H33F2N7O3/c1-6-27(38)34-20-14-21(24(39-5)15-23(20)36(4)12-11-35(2)3)33-25-16-26(32-17-31-25)37-22(10-13-40-37)28-18(29)8-7-9-19(28)30/h6-9,14-17,22H,1,10-13H2,2-5H3,(H,34,38)(H,31,32,33)/t22-/m0/s1. The lowest BCUT2D eigenvalue weighted by Crippen LogP contribution is -2.29. The minimum Gasteiger partial charge on any atom is -0.494 e. The Labute approximate surface area is 232 Å². The molecule has 2 heterocycles. The fourth-order valence-corrected chi connectivity index (χ4v) is 4.37. The number of methoxy groups -OCH3 is 1. The molecule has 1 fully saturated rings. The summed E-state index contributed by atoms with van der Waals surface area (Å²) >= 11 is 0. The van der Waals surface area contributed by atoms with Crippen molar-refractivity contribution in [3.8, 4) is 5.75 Å². The fourth-order valence-electron chi connectivity index (χ4n) is 4.37. The molecule has 10 nitrogen and oxygen atoms in total. The molecule has 1 aromatic heterocycles. The van der Waals surface area contributed by atoms with E-state index in [0.717, 1.165) is 12.2 Å². The summed E-state index contributed by atoms with van der Waals surface area (Å²) in [7, 11) is 7.44. The number of benzene rings is 2. The van der Waals surface area contributed by atoms with Crippen LogP contribution in [0.25, 0.3) is 0 Å². The minimum absolute atomic E-state index is 0.0774. The molecule has 0 unspecified atom stereocenters. The van der Waals surface area contributed by atoms with E-state index in [0.29, 0.717) is 41.7 Å². The highest BCUT2D eigenvalue weighted by molar-refractivity contribution is 6.02. The molecule has 40 heavy (non-hydrogen) atoms. The van der Waals surface area contributed by atoms with E-state index >= 15 is 0 Å². The predicted octanol–water partition coefficient (Wildman–Crippen LogP) is 4.51. The van der Waals surface area contributed by atoms with Gasteiger partial charge in [0.25, 0.3) is 0 Å². The van der Waals surface area contributed by atoms with Gasteiger partial charge >= 0.3 is 0 Å². The van der Waals surface area contributed by atoms with E-state index < -0.39 is 17.7 Å². The normalized spacial score (nSPS) is 14.8. The van der Waals surface area contributed by atoms with E-state index in [9.17, 15) is 13.6 Å². The van der Waals surface area contributed by atoms with Gasteiger partial charge in [-0.1, -0.05) is 12.6 Å². The molecular formula is C28H33F2N7O3. The summed E-state index contributed by atoms with van der Waals surface area (Å²) in [6.45, 7) is 5.32. The van der Waals surface area contributed by atoms with Gasteiger partial charge in [0.05, 0.1) is 36.8 Å². The van der Waals surface area contributed by atoms with Crippen LogP contribution in [0, 0.1) is 11.6 Å². The van der Waals surface area contributed by atoms with E-state index in [1.54, 1.807) is 19.2 Å². The monoisotopic (exact) mass is 553 g/mol. The van der Waals surface area contributed by atoms with Crippen molar-refractivity contribution in [2.75, 3.05) is 68.5 Å². The molecule has 212 valence electrons. The summed E-state index contributed by atoms with van der Waals surface area (Å²) in [4.78, 5) is 30.6. The molecule has 12 heteroatoms. The summed E-state index contributed by atoms with van der Waals surface area (Å²) in [6.07, 6.45) is 2.90. The Balaban J connectivity index is 1.65. The summed E-state index contributed by atoms with van der Waals surface area (Å²) in [6, 6.07) is 8.24. The van der Waals surface area contributed by atoms with Crippen molar-refractivity contribution in [2.24, 2.45) is 0 Å². The first-order chi connectivity index (χ1) is 19.2. The van der Waals surface area contributed by atoms with Crippen LogP contribution >= 0.6 is 0 Å². The number of ether oxygens (including phenoxy) is 1. The Hall–Kier alpha value is -4.29. The third-order valence-electron chi connectivity index (χ3n) is 6.43. The second-order valence-corrected chi connectivity index (χ2v) is 9.47. The van der Waals surface area contributed by atoms with Crippen molar-refractivity contribution in [1.82, 2.24) is 14.9 Å². The predicted molar refractivity (Wildman–Crippen MR) is 151 cm³/mol. The van der Waals surface area contributed by atoms with Crippen LogP contribution in [0.1, 0.15) is 18.0 Å². The van der Waals surface area contributed by atoms with Gasteiger partial charge in [-0.15, -0.1) is 0 Å². The molecule has 1 aliphatic rings. The number of nitrogens with one attached hydrogen (secondary N) is 2. The zero-order valence-electron chi connectivity index (χ0n) is 22.9. The first kappa shape index (κ1) is 28.7. The largest absolute Gasteiger partial charge is 0.494 e. The summed E-state index contributed by atoms with van der Waals surface area (Å²) < 4.78 is 34.8. The third-order valence-corrected chi connectivity index (χ3v) is 6.43. The van der Waals surface area contributed by atoms with Crippen LogP contribution in [0.3, 0.4) is 0 Å². The second-order valence-electron chi connectivity index (χ2n) is 9.47. The number of carbonyl (C=O) groups excluding carboxylic acids is 1. The Bertz CT molecular complexity index is 1350. The van der Waals surface area contributed by atoms with Crippen LogP contribution in [0.5, 0.6) is 5.75 Å². The average Bonchev–Trinajstić information content (AvgIpc) is 3.41. The molecule has 4 rings (SSSR count). The molecule has 1 amide bonds. The Morgan fingerprint density at radius 2 is 1.93 bits per heavy atom. The van der Waals surface area contributed by atoms with Gasteiger partial charge in [-0.2, -0.15) is 0 Å². The van der Waals surface area contributed by atoms with Crippen molar-refractivity contribution in [3.05, 3.63) is 72.6 Å². The van der Waals surface area contributed by atoms with Gasteiger partial charge in [0.1, 0.15) is 29.5 Å². The third kappa shape index (κ3) is 6.46. The van der Waals surface area contributed by atoms with E-state index in [-0.39, 0.29) is 18.1 Å². The fraction of sp³-hybridized carbons (Fsp3) is 0.321. The number of anilines is 5.